The molecule has 2 aliphatic rings. The Balaban J connectivity index is 1.43. The molecular weight excluding hydrogens is 517 g/mol. The lowest BCUT2D eigenvalue weighted by atomic mass is 9.95. The number of ether oxygens (including phenoxy) is 1. The highest BCUT2D eigenvalue weighted by Crippen LogP contribution is 2.41. The van der Waals surface area contributed by atoms with E-state index in [1.807, 2.05) is 12.1 Å². The summed E-state index contributed by atoms with van der Waals surface area (Å²) in [5.74, 6) is -0.958. The molecule has 2 bridgehead atoms. The molecule has 6 nitrogen and oxygen atoms in total. The fraction of sp³-hybridized carbons (Fsp3) is 0.480. The minimum atomic E-state index is -4.68. The monoisotopic (exact) mass is 544 g/mol. The number of benzene rings is 2. The van der Waals surface area contributed by atoms with Crippen LogP contribution in [-0.4, -0.2) is 44.3 Å². The van der Waals surface area contributed by atoms with Crippen molar-refractivity contribution in [3.05, 3.63) is 53.1 Å². The summed E-state index contributed by atoms with van der Waals surface area (Å²) in [6, 6.07) is 10.2. The molecule has 2 unspecified atom stereocenters. The van der Waals surface area contributed by atoms with Gasteiger partial charge in [0, 0.05) is 35.1 Å². The Hall–Kier alpha value is -2.46. The molecule has 2 aromatic rings. The first-order chi connectivity index (χ1) is 16.6. The maximum atomic E-state index is 13.5. The standard InChI is InChI=1S/C25H28ClF3N2O4S/c1-24(2,35-22-11-4-15(26)12-21(22)25(27,28)29)23(32)30-16-13-18-5-6-19(14-16)31(18)17-7-9-20(10-8-17)36(3,33)34/h4,7-12,16,18-19H,5-6,13-14H2,1-3H3,(H,30,32). The number of hydrogen-bond acceptors (Lipinski definition) is 5. The molecule has 1 N–H and O–H groups in total. The first-order valence-corrected chi connectivity index (χ1v) is 13.9. The predicted molar refractivity (Wildman–Crippen MR) is 131 cm³/mol. The third-order valence-corrected chi connectivity index (χ3v) is 8.15. The highest BCUT2D eigenvalue weighted by Gasteiger charge is 2.43. The molecule has 0 saturated carbocycles. The Kier molecular flexibility index (Phi) is 6.98. The number of piperidine rings is 1. The smallest absolute Gasteiger partial charge is 0.420 e. The van der Waals surface area contributed by atoms with Crippen molar-refractivity contribution < 1.29 is 31.1 Å². The normalized spacial score (nSPS) is 22.4. The van der Waals surface area contributed by atoms with Crippen molar-refractivity contribution in [2.45, 2.75) is 74.3 Å². The summed E-state index contributed by atoms with van der Waals surface area (Å²) < 4.78 is 69.4. The lowest BCUT2D eigenvalue weighted by Crippen LogP contribution is -2.55. The second-order valence-corrected chi connectivity index (χ2v) is 12.4. The van der Waals surface area contributed by atoms with Crippen LogP contribution in [0.2, 0.25) is 5.02 Å². The molecule has 2 atom stereocenters. The number of halogens is 4. The zero-order valence-corrected chi connectivity index (χ0v) is 21.7. The lowest BCUT2D eigenvalue weighted by Gasteiger charge is -2.41. The fourth-order valence-corrected chi connectivity index (χ4v) is 5.88. The van der Waals surface area contributed by atoms with Crippen LogP contribution in [0.25, 0.3) is 0 Å². The Labute approximate surface area is 213 Å². The Morgan fingerprint density at radius 1 is 1.06 bits per heavy atom. The minimum absolute atomic E-state index is 0.0786. The van der Waals surface area contributed by atoms with Crippen molar-refractivity contribution in [1.29, 1.82) is 0 Å². The van der Waals surface area contributed by atoms with Crippen molar-refractivity contribution in [2.75, 3.05) is 11.2 Å². The van der Waals surface area contributed by atoms with Gasteiger partial charge >= 0.3 is 6.18 Å². The third-order valence-electron chi connectivity index (χ3n) is 6.79. The maximum absolute atomic E-state index is 13.5. The molecule has 0 spiro atoms. The van der Waals surface area contributed by atoms with E-state index in [1.165, 1.54) is 26.2 Å². The van der Waals surface area contributed by atoms with Gasteiger partial charge in [0.2, 0.25) is 0 Å². The molecule has 0 radical (unpaired) electrons. The highest BCUT2D eigenvalue weighted by molar-refractivity contribution is 7.90. The van der Waals surface area contributed by atoms with E-state index in [2.05, 4.69) is 10.2 Å². The Bertz CT molecular complexity index is 1230. The minimum Gasteiger partial charge on any atom is -0.477 e. The predicted octanol–water partition coefficient (Wildman–Crippen LogP) is 5.24. The van der Waals surface area contributed by atoms with E-state index in [1.54, 1.807) is 12.1 Å². The quantitative estimate of drug-likeness (QED) is 0.538. The molecular formula is C25H28ClF3N2O4S. The summed E-state index contributed by atoms with van der Waals surface area (Å²) in [6.07, 6.45) is -0.309. The van der Waals surface area contributed by atoms with Crippen LogP contribution in [0.15, 0.2) is 47.4 Å². The molecule has 196 valence electrons. The lowest BCUT2D eigenvalue weighted by molar-refractivity contribution is -0.143. The number of carbonyl (C=O) groups is 1. The van der Waals surface area contributed by atoms with Gasteiger partial charge in [-0.05, 0) is 82.0 Å². The van der Waals surface area contributed by atoms with Gasteiger partial charge in [-0.3, -0.25) is 4.79 Å². The van der Waals surface area contributed by atoms with E-state index in [4.69, 9.17) is 16.3 Å². The number of rotatable bonds is 6. The molecule has 2 heterocycles. The number of nitrogens with zero attached hydrogens (tertiary/aromatic N) is 1. The van der Waals surface area contributed by atoms with Crippen molar-refractivity contribution in [3.8, 4) is 5.75 Å². The van der Waals surface area contributed by atoms with Crippen LogP contribution < -0.4 is 15.0 Å². The molecule has 2 aliphatic heterocycles. The van der Waals surface area contributed by atoms with Gasteiger partial charge in [-0.25, -0.2) is 8.42 Å². The Morgan fingerprint density at radius 2 is 1.64 bits per heavy atom. The van der Waals surface area contributed by atoms with Crippen LogP contribution in [0.3, 0.4) is 0 Å². The van der Waals surface area contributed by atoms with Gasteiger partial charge in [0.25, 0.3) is 5.91 Å². The molecule has 2 fully saturated rings. The average molecular weight is 545 g/mol. The second kappa shape index (κ2) is 9.45. The van der Waals surface area contributed by atoms with Gasteiger partial charge in [-0.2, -0.15) is 13.2 Å². The van der Waals surface area contributed by atoms with Gasteiger partial charge in [-0.1, -0.05) is 11.6 Å². The van der Waals surface area contributed by atoms with Gasteiger partial charge in [0.15, 0.2) is 15.4 Å². The largest absolute Gasteiger partial charge is 0.477 e. The van der Waals surface area contributed by atoms with Crippen molar-refractivity contribution in [3.63, 3.8) is 0 Å². The van der Waals surface area contributed by atoms with Crippen LogP contribution in [0.4, 0.5) is 18.9 Å². The number of carbonyl (C=O) groups excluding carboxylic acids is 1. The van der Waals surface area contributed by atoms with Gasteiger partial charge in [-0.15, -0.1) is 0 Å². The molecule has 4 rings (SSSR count). The number of fused-ring (bicyclic) bond motifs is 2. The molecule has 2 saturated heterocycles. The van der Waals surface area contributed by atoms with Gasteiger partial charge in [0.05, 0.1) is 10.5 Å². The average Bonchev–Trinajstić information content (AvgIpc) is 3.04. The van der Waals surface area contributed by atoms with E-state index in [0.717, 1.165) is 30.7 Å². The maximum Gasteiger partial charge on any atom is 0.420 e. The summed E-state index contributed by atoms with van der Waals surface area (Å²) in [5, 5.41) is 2.90. The fourth-order valence-electron chi connectivity index (χ4n) is 5.08. The molecule has 1 amide bonds. The number of hydrogen-bond donors (Lipinski definition) is 1. The number of alkyl halides is 3. The first-order valence-electron chi connectivity index (χ1n) is 11.6. The molecule has 0 aliphatic carbocycles. The van der Waals surface area contributed by atoms with E-state index in [9.17, 15) is 26.4 Å². The number of nitrogens with one attached hydrogen (secondary N) is 1. The number of sulfone groups is 1. The second-order valence-electron chi connectivity index (χ2n) is 9.95. The van der Waals surface area contributed by atoms with Crippen molar-refractivity contribution in [2.24, 2.45) is 0 Å². The number of anilines is 1. The first kappa shape index (κ1) is 26.6. The zero-order chi connectivity index (χ0) is 26.5. The van der Waals surface area contributed by atoms with Crippen LogP contribution >= 0.6 is 11.6 Å². The molecule has 11 heteroatoms. The van der Waals surface area contributed by atoms with Crippen molar-refractivity contribution in [1.82, 2.24) is 5.32 Å². The summed E-state index contributed by atoms with van der Waals surface area (Å²) in [4.78, 5) is 15.6. The number of amides is 1. The summed E-state index contributed by atoms with van der Waals surface area (Å²) in [6.45, 7) is 2.87. The van der Waals surface area contributed by atoms with Crippen LogP contribution in [0.1, 0.15) is 45.1 Å². The molecule has 36 heavy (non-hydrogen) atoms. The summed E-state index contributed by atoms with van der Waals surface area (Å²) >= 11 is 5.74. The van der Waals surface area contributed by atoms with Crippen LogP contribution in [-0.2, 0) is 20.8 Å². The van der Waals surface area contributed by atoms with E-state index >= 15 is 0 Å². The molecule has 2 aromatic carbocycles. The topological polar surface area (TPSA) is 75.7 Å². The van der Waals surface area contributed by atoms with E-state index in [-0.39, 0.29) is 28.0 Å². The van der Waals surface area contributed by atoms with Gasteiger partial charge in [0.1, 0.15) is 5.75 Å². The summed E-state index contributed by atoms with van der Waals surface area (Å²) in [7, 11) is -3.28. The van der Waals surface area contributed by atoms with Crippen LogP contribution in [0, 0.1) is 0 Å². The van der Waals surface area contributed by atoms with E-state index in [0.29, 0.717) is 12.8 Å². The van der Waals surface area contributed by atoms with Crippen molar-refractivity contribution >= 4 is 33.0 Å². The highest BCUT2D eigenvalue weighted by atomic mass is 35.5. The SMILES string of the molecule is CC(C)(Oc1ccc(Cl)cc1C(F)(F)F)C(=O)NC1CC2CCC(C1)N2c1ccc(S(C)(=O)=O)cc1. The third kappa shape index (κ3) is 5.59. The Morgan fingerprint density at radius 3 is 2.17 bits per heavy atom. The zero-order valence-electron chi connectivity index (χ0n) is 20.1. The van der Waals surface area contributed by atoms with Crippen LogP contribution in [0.5, 0.6) is 5.75 Å². The van der Waals surface area contributed by atoms with E-state index < -0.39 is 38.8 Å². The summed E-state index contributed by atoms with van der Waals surface area (Å²) in [5.41, 5.74) is -1.65. The van der Waals surface area contributed by atoms with Gasteiger partial charge < -0.3 is 15.0 Å². The molecule has 0 aromatic heterocycles.